The van der Waals surface area contributed by atoms with Crippen molar-refractivity contribution in [3.05, 3.63) is 126 Å². The molecule has 3 aromatic rings. The number of benzene rings is 3. The van der Waals surface area contributed by atoms with Crippen molar-refractivity contribution >= 4 is 25.5 Å². The Morgan fingerprint density at radius 3 is 1.00 bits per heavy atom. The van der Waals surface area contributed by atoms with Crippen molar-refractivity contribution < 1.29 is 25.3 Å². The molecule has 3 rings (SSSR count). The van der Waals surface area contributed by atoms with Crippen molar-refractivity contribution in [3.63, 3.8) is 0 Å². The molecule has 1 unspecified atom stereocenters. The maximum atomic E-state index is 11.8. The Balaban J connectivity index is 0.00000106. The highest BCUT2D eigenvalue weighted by Gasteiger charge is 2.51. The molecule has 188 valence electrons. The van der Waals surface area contributed by atoms with Crippen molar-refractivity contribution in [1.29, 1.82) is 0 Å². The van der Waals surface area contributed by atoms with Gasteiger partial charge in [-0.1, -0.05) is 127 Å². The van der Waals surface area contributed by atoms with Crippen LogP contribution in [0, 0.1) is 5.41 Å². The molecule has 0 amide bonds. The van der Waals surface area contributed by atoms with Gasteiger partial charge in [-0.15, -0.1) is 0 Å². The maximum absolute atomic E-state index is 11.8. The van der Waals surface area contributed by atoms with Crippen molar-refractivity contribution in [3.8, 4) is 0 Å². The number of hydrogen-bond donors (Lipinski definition) is 5. The van der Waals surface area contributed by atoms with Gasteiger partial charge < -0.3 is 25.3 Å². The standard InChI is InChI=1S/C30H32O2.BH3O3/c1-28(2,31)29(3,32)30(22-19-25-13-7-4-8-14-25,23-20-26-15-9-5-10-16-26)24-21-27-17-11-6-12-18-27;2-1(3)4/h4-24,31-32H,1-3H3;2-4H. The van der Waals surface area contributed by atoms with Gasteiger partial charge in [0.2, 0.25) is 0 Å². The third kappa shape index (κ3) is 8.45. The third-order valence-corrected chi connectivity index (χ3v) is 6.09. The molecule has 0 saturated heterocycles. The molecule has 0 radical (unpaired) electrons. The van der Waals surface area contributed by atoms with Gasteiger partial charge in [0.15, 0.2) is 0 Å². The normalized spacial score (nSPS) is 15.3. The molecule has 5 nitrogen and oxygen atoms in total. The van der Waals surface area contributed by atoms with E-state index in [1.54, 1.807) is 20.8 Å². The highest BCUT2D eigenvalue weighted by atomic mass is 16.5. The van der Waals surface area contributed by atoms with Gasteiger partial charge in [-0.2, -0.15) is 0 Å². The Morgan fingerprint density at radius 2 is 0.778 bits per heavy atom. The summed E-state index contributed by atoms with van der Waals surface area (Å²) in [5, 5.41) is 44.3. The Hall–Kier alpha value is -3.26. The fraction of sp³-hybridized carbons (Fsp3) is 0.200. The second-order valence-electron chi connectivity index (χ2n) is 9.14. The van der Waals surface area contributed by atoms with E-state index >= 15 is 0 Å². The van der Waals surface area contributed by atoms with Crippen LogP contribution in [0.25, 0.3) is 18.2 Å². The zero-order chi connectivity index (χ0) is 26.7. The second-order valence-corrected chi connectivity index (χ2v) is 9.14. The molecular weight excluding hydrogens is 451 g/mol. The Morgan fingerprint density at radius 1 is 0.528 bits per heavy atom. The summed E-state index contributed by atoms with van der Waals surface area (Å²) in [5.41, 5.74) is -0.830. The SMILES string of the molecule is CC(C)(O)C(C)(O)C(C=Cc1ccccc1)(C=Cc1ccccc1)C=Cc1ccccc1.OB(O)O. The fourth-order valence-electron chi connectivity index (χ4n) is 3.58. The van der Waals surface area contributed by atoms with Gasteiger partial charge in [0.25, 0.3) is 0 Å². The Kier molecular flexibility index (Phi) is 10.6. The summed E-state index contributed by atoms with van der Waals surface area (Å²) in [7, 11) is -2.17. The third-order valence-electron chi connectivity index (χ3n) is 6.09. The molecule has 6 heteroatoms. The molecule has 0 aliphatic carbocycles. The zero-order valence-corrected chi connectivity index (χ0v) is 20.9. The maximum Gasteiger partial charge on any atom is 0.631 e. The largest absolute Gasteiger partial charge is 0.631 e. The lowest BCUT2D eigenvalue weighted by Gasteiger charge is -2.47. The summed E-state index contributed by atoms with van der Waals surface area (Å²) in [4.78, 5) is 0. The highest BCUT2D eigenvalue weighted by Crippen LogP contribution is 2.44. The van der Waals surface area contributed by atoms with Gasteiger partial charge in [-0.05, 0) is 37.5 Å². The van der Waals surface area contributed by atoms with Crippen LogP contribution in [0.15, 0.2) is 109 Å². The lowest BCUT2D eigenvalue weighted by Crippen LogP contribution is -2.57. The first-order valence-corrected chi connectivity index (χ1v) is 11.7. The van der Waals surface area contributed by atoms with Gasteiger partial charge in [-0.25, -0.2) is 0 Å². The van der Waals surface area contributed by atoms with Gasteiger partial charge in [0.1, 0.15) is 5.60 Å². The van der Waals surface area contributed by atoms with Crippen LogP contribution in [0.1, 0.15) is 37.5 Å². The number of aliphatic hydroxyl groups is 2. The van der Waals surface area contributed by atoms with E-state index in [0.717, 1.165) is 16.7 Å². The van der Waals surface area contributed by atoms with Crippen LogP contribution in [-0.2, 0) is 0 Å². The van der Waals surface area contributed by atoms with Gasteiger partial charge in [0.05, 0.1) is 11.0 Å². The quantitative estimate of drug-likeness (QED) is 0.300. The van der Waals surface area contributed by atoms with Crippen LogP contribution in [0.5, 0.6) is 0 Å². The molecule has 0 aromatic heterocycles. The van der Waals surface area contributed by atoms with Crippen LogP contribution in [0.2, 0.25) is 0 Å². The second kappa shape index (κ2) is 13.2. The van der Waals surface area contributed by atoms with Gasteiger partial charge >= 0.3 is 7.32 Å². The molecule has 0 aliphatic rings. The van der Waals surface area contributed by atoms with Crippen molar-refractivity contribution in [1.82, 2.24) is 0 Å². The molecule has 1 atom stereocenters. The lowest BCUT2D eigenvalue weighted by atomic mass is 9.64. The van der Waals surface area contributed by atoms with Crippen molar-refractivity contribution in [2.75, 3.05) is 0 Å². The first-order chi connectivity index (χ1) is 17.0. The molecule has 0 saturated carbocycles. The molecule has 3 aromatic carbocycles. The van der Waals surface area contributed by atoms with Crippen molar-refractivity contribution in [2.45, 2.75) is 32.0 Å². The van der Waals surface area contributed by atoms with Crippen LogP contribution in [0.4, 0.5) is 0 Å². The van der Waals surface area contributed by atoms with Crippen LogP contribution < -0.4 is 0 Å². The fourth-order valence-corrected chi connectivity index (χ4v) is 3.58. The van der Waals surface area contributed by atoms with E-state index in [1.165, 1.54) is 0 Å². The molecule has 36 heavy (non-hydrogen) atoms. The van der Waals surface area contributed by atoms with E-state index in [2.05, 4.69) is 0 Å². The summed E-state index contributed by atoms with van der Waals surface area (Å²) in [5.74, 6) is 0. The first-order valence-electron chi connectivity index (χ1n) is 11.7. The smallest absolute Gasteiger partial charge is 0.402 e. The molecule has 0 fully saturated rings. The lowest BCUT2D eigenvalue weighted by molar-refractivity contribution is -0.151. The monoisotopic (exact) mass is 486 g/mol. The van der Waals surface area contributed by atoms with E-state index in [1.807, 2.05) is 127 Å². The number of hydrogen-bond acceptors (Lipinski definition) is 5. The minimum atomic E-state index is -2.17. The van der Waals surface area contributed by atoms with E-state index in [-0.39, 0.29) is 0 Å². The van der Waals surface area contributed by atoms with Crippen LogP contribution >= 0.6 is 0 Å². The van der Waals surface area contributed by atoms with E-state index in [4.69, 9.17) is 15.1 Å². The van der Waals surface area contributed by atoms with E-state index in [0.29, 0.717) is 0 Å². The van der Waals surface area contributed by atoms with E-state index < -0.39 is 23.9 Å². The molecule has 0 bridgehead atoms. The summed E-state index contributed by atoms with van der Waals surface area (Å²) in [6.07, 6.45) is 11.9. The predicted molar refractivity (Wildman–Crippen MR) is 148 cm³/mol. The molecule has 0 aliphatic heterocycles. The Bertz CT molecular complexity index is 993. The molecular formula is C30H35BO5. The van der Waals surface area contributed by atoms with Gasteiger partial charge in [-0.3, -0.25) is 0 Å². The van der Waals surface area contributed by atoms with E-state index in [9.17, 15) is 10.2 Å². The summed E-state index contributed by atoms with van der Waals surface area (Å²) < 4.78 is 0. The van der Waals surface area contributed by atoms with Crippen LogP contribution in [-0.4, -0.2) is 43.8 Å². The van der Waals surface area contributed by atoms with Gasteiger partial charge in [0, 0.05) is 0 Å². The van der Waals surface area contributed by atoms with Crippen molar-refractivity contribution in [2.24, 2.45) is 5.41 Å². The average Bonchev–Trinajstić information content (AvgIpc) is 2.84. The molecule has 0 heterocycles. The zero-order valence-electron chi connectivity index (χ0n) is 20.9. The first kappa shape index (κ1) is 29.0. The summed E-state index contributed by atoms with van der Waals surface area (Å²) >= 11 is 0. The Labute approximate surface area is 214 Å². The van der Waals surface area contributed by atoms with Crippen LogP contribution in [0.3, 0.4) is 0 Å². The average molecular weight is 486 g/mol. The summed E-state index contributed by atoms with van der Waals surface area (Å²) in [6, 6.07) is 29.9. The summed E-state index contributed by atoms with van der Waals surface area (Å²) in [6.45, 7) is 4.97. The minimum Gasteiger partial charge on any atom is -0.402 e. The minimum absolute atomic E-state index is 0.993. The molecule has 0 spiro atoms. The highest BCUT2D eigenvalue weighted by molar-refractivity contribution is 6.30. The number of rotatable bonds is 8. The topological polar surface area (TPSA) is 101 Å². The molecule has 5 N–H and O–H groups in total. The predicted octanol–water partition coefficient (Wildman–Crippen LogP) is 4.58.